The Hall–Kier alpha value is -4.00. The molecule has 1 aromatic heterocycles. The molecule has 2 aliphatic rings. The van der Waals surface area contributed by atoms with Crippen LogP contribution in [0.5, 0.6) is 0 Å². The Bertz CT molecular complexity index is 1370. The molecule has 3 heterocycles. The summed E-state index contributed by atoms with van der Waals surface area (Å²) in [4.78, 5) is 29.7. The number of aliphatic imine (C=N–C) groups is 1. The van der Waals surface area contributed by atoms with Crippen LogP contribution in [0, 0.1) is 6.92 Å². The molecule has 0 saturated heterocycles. The maximum Gasteiger partial charge on any atom is 0.322 e. The molecule has 0 radical (unpaired) electrons. The highest BCUT2D eigenvalue weighted by Crippen LogP contribution is 2.32. The van der Waals surface area contributed by atoms with Crippen LogP contribution in [0.2, 0.25) is 0 Å². The van der Waals surface area contributed by atoms with Gasteiger partial charge in [0.2, 0.25) is 0 Å². The van der Waals surface area contributed by atoms with Crippen molar-refractivity contribution in [3.8, 4) is 11.3 Å². The average Bonchev–Trinajstić information content (AvgIpc) is 3.43. The van der Waals surface area contributed by atoms with Gasteiger partial charge < -0.3 is 16.0 Å². The van der Waals surface area contributed by atoms with Gasteiger partial charge in [0.25, 0.3) is 0 Å². The molecule has 0 fully saturated rings. The third-order valence-corrected chi connectivity index (χ3v) is 6.93. The summed E-state index contributed by atoms with van der Waals surface area (Å²) in [6, 6.07) is 16.1. The van der Waals surface area contributed by atoms with Crippen LogP contribution in [0.4, 0.5) is 10.5 Å². The van der Waals surface area contributed by atoms with Gasteiger partial charge >= 0.3 is 6.03 Å². The minimum absolute atomic E-state index is 0. The van der Waals surface area contributed by atoms with Crippen LogP contribution in [-0.4, -0.2) is 39.7 Å². The number of urea groups is 1. The van der Waals surface area contributed by atoms with E-state index >= 15 is 0 Å². The summed E-state index contributed by atoms with van der Waals surface area (Å²) in [6.45, 7) is 6.03. The summed E-state index contributed by atoms with van der Waals surface area (Å²) in [5, 5.41) is 3.07. The molecule has 0 aliphatic carbocycles. The van der Waals surface area contributed by atoms with Gasteiger partial charge in [-0.05, 0) is 49.4 Å². The number of carbonyl (C=O) groups is 1. The highest BCUT2D eigenvalue weighted by atomic mass is 16.2. The maximum absolute atomic E-state index is 13.2. The molecule has 186 valence electrons. The second kappa shape index (κ2) is 10.3. The SMILES string of the molecule is CCc1cccc(NC(=O)N2CCc3nc(/C(=C/N)C4=NCCC4)nc(-c4ccccc4C)c3C2)c1.[HH]. The van der Waals surface area contributed by atoms with E-state index in [1.54, 1.807) is 6.20 Å². The average molecular weight is 483 g/mol. The number of aryl methyl sites for hydroxylation is 2. The monoisotopic (exact) mass is 482 g/mol. The van der Waals surface area contributed by atoms with Crippen LogP contribution in [0.15, 0.2) is 59.7 Å². The Morgan fingerprint density at radius 3 is 2.78 bits per heavy atom. The minimum atomic E-state index is -0.114. The molecule has 7 nitrogen and oxygen atoms in total. The molecule has 2 aliphatic heterocycles. The highest BCUT2D eigenvalue weighted by molar-refractivity contribution is 6.23. The zero-order valence-corrected chi connectivity index (χ0v) is 20.9. The molecule has 2 amide bonds. The van der Waals surface area contributed by atoms with Crippen molar-refractivity contribution < 1.29 is 6.22 Å². The molecule has 3 N–H and O–H groups in total. The summed E-state index contributed by atoms with van der Waals surface area (Å²) < 4.78 is 0. The lowest BCUT2D eigenvalue weighted by Gasteiger charge is -2.30. The molecule has 36 heavy (non-hydrogen) atoms. The zero-order chi connectivity index (χ0) is 25.1. The largest absolute Gasteiger partial charge is 0.404 e. The van der Waals surface area contributed by atoms with E-state index in [4.69, 9.17) is 15.7 Å². The lowest BCUT2D eigenvalue weighted by atomic mass is 9.96. The third-order valence-electron chi connectivity index (χ3n) is 6.93. The van der Waals surface area contributed by atoms with Crippen molar-refractivity contribution >= 4 is 23.0 Å². The van der Waals surface area contributed by atoms with Gasteiger partial charge in [0.1, 0.15) is 0 Å². The second-order valence-corrected chi connectivity index (χ2v) is 9.30. The second-order valence-electron chi connectivity index (χ2n) is 9.30. The van der Waals surface area contributed by atoms with Crippen LogP contribution in [0.1, 0.15) is 49.4 Å². The number of nitrogens with zero attached hydrogens (tertiary/aromatic N) is 4. The van der Waals surface area contributed by atoms with Gasteiger partial charge in [-0.2, -0.15) is 0 Å². The number of allylic oxidation sites excluding steroid dienone is 1. The van der Waals surface area contributed by atoms with E-state index in [1.165, 1.54) is 5.56 Å². The number of nitrogens with one attached hydrogen (secondary N) is 1. The fourth-order valence-electron chi connectivity index (χ4n) is 4.90. The number of anilines is 1. The molecule has 3 aromatic rings. The van der Waals surface area contributed by atoms with Crippen LogP contribution < -0.4 is 11.1 Å². The predicted molar refractivity (Wildman–Crippen MR) is 147 cm³/mol. The van der Waals surface area contributed by atoms with Crippen molar-refractivity contribution in [3.63, 3.8) is 0 Å². The molecule has 5 rings (SSSR count). The molecule has 7 heteroatoms. The fourth-order valence-corrected chi connectivity index (χ4v) is 4.90. The van der Waals surface area contributed by atoms with E-state index in [0.717, 1.165) is 70.9 Å². The van der Waals surface area contributed by atoms with Gasteiger partial charge in [0, 0.05) is 49.7 Å². The number of benzene rings is 2. The standard InChI is InChI=1S/C29H32N6O.H2/c1-3-20-9-6-10-21(16-20)32-29(36)35-15-13-26-24(18-35)27(22-11-5-4-8-19(22)2)34-28(33-26)23(17-30)25-12-7-14-31-25;/h4-6,8-11,16-17H,3,7,12-15,18,30H2,1-2H3,(H,32,36);1H/b23-17+;. The number of hydrogen-bond acceptors (Lipinski definition) is 5. The zero-order valence-electron chi connectivity index (χ0n) is 20.9. The Morgan fingerprint density at radius 2 is 2.03 bits per heavy atom. The molecule has 0 bridgehead atoms. The number of fused-ring (bicyclic) bond motifs is 1. The molecule has 0 atom stereocenters. The number of hydrogen-bond donors (Lipinski definition) is 2. The van der Waals surface area contributed by atoms with Crippen LogP contribution in [0.25, 0.3) is 16.8 Å². The molecular formula is C29H34N6O. The smallest absolute Gasteiger partial charge is 0.322 e. The highest BCUT2D eigenvalue weighted by Gasteiger charge is 2.28. The van der Waals surface area contributed by atoms with Gasteiger partial charge in [0.05, 0.1) is 23.5 Å². The Morgan fingerprint density at radius 1 is 1.17 bits per heavy atom. The minimum Gasteiger partial charge on any atom is -0.404 e. The van der Waals surface area contributed by atoms with Crippen LogP contribution >= 0.6 is 0 Å². The fraction of sp³-hybridized carbons (Fsp3) is 0.310. The van der Waals surface area contributed by atoms with Crippen LogP contribution in [0.3, 0.4) is 0 Å². The Labute approximate surface area is 213 Å². The molecular weight excluding hydrogens is 448 g/mol. The summed E-state index contributed by atoms with van der Waals surface area (Å²) in [5.74, 6) is 0.615. The Balaban J connectivity index is 0.00000320. The first kappa shape index (κ1) is 23.7. The summed E-state index contributed by atoms with van der Waals surface area (Å²) in [6.07, 6.45) is 5.06. The van der Waals surface area contributed by atoms with Crippen molar-refractivity contribution in [1.82, 2.24) is 14.9 Å². The van der Waals surface area contributed by atoms with E-state index < -0.39 is 0 Å². The number of carbonyl (C=O) groups excluding carboxylic acids is 1. The molecule has 2 aromatic carbocycles. The van der Waals surface area contributed by atoms with E-state index in [-0.39, 0.29) is 7.46 Å². The Kier molecular flexibility index (Phi) is 6.80. The molecule has 0 spiro atoms. The van der Waals surface area contributed by atoms with Crippen molar-refractivity contribution in [3.05, 3.63) is 82.9 Å². The van der Waals surface area contributed by atoms with Crippen molar-refractivity contribution in [2.45, 2.75) is 46.1 Å². The van der Waals surface area contributed by atoms with Gasteiger partial charge in [-0.25, -0.2) is 14.8 Å². The first-order valence-corrected chi connectivity index (χ1v) is 12.6. The lowest BCUT2D eigenvalue weighted by Crippen LogP contribution is -2.39. The third kappa shape index (κ3) is 4.73. The van der Waals surface area contributed by atoms with Gasteiger partial charge in [0.15, 0.2) is 5.82 Å². The number of amides is 2. The summed E-state index contributed by atoms with van der Waals surface area (Å²) in [7, 11) is 0. The first-order chi connectivity index (χ1) is 17.6. The first-order valence-electron chi connectivity index (χ1n) is 12.6. The molecule has 0 saturated carbocycles. The van der Waals surface area contributed by atoms with E-state index in [2.05, 4.69) is 42.4 Å². The van der Waals surface area contributed by atoms with Crippen molar-refractivity contribution in [2.24, 2.45) is 10.7 Å². The lowest BCUT2D eigenvalue weighted by molar-refractivity contribution is 0.206. The van der Waals surface area contributed by atoms with Gasteiger partial charge in [-0.3, -0.25) is 4.99 Å². The van der Waals surface area contributed by atoms with Gasteiger partial charge in [-0.1, -0.05) is 43.3 Å². The number of nitrogens with two attached hydrogens (primary N) is 1. The summed E-state index contributed by atoms with van der Waals surface area (Å²) >= 11 is 0. The summed E-state index contributed by atoms with van der Waals surface area (Å²) in [5.41, 5.74) is 14.8. The number of aromatic nitrogens is 2. The normalized spacial score (nSPS) is 15.4. The van der Waals surface area contributed by atoms with Crippen molar-refractivity contribution in [1.29, 1.82) is 0 Å². The van der Waals surface area contributed by atoms with Gasteiger partial charge in [-0.15, -0.1) is 0 Å². The quantitative estimate of drug-likeness (QED) is 0.510. The molecule has 0 unspecified atom stereocenters. The van der Waals surface area contributed by atoms with E-state index in [9.17, 15) is 4.79 Å². The van der Waals surface area contributed by atoms with Crippen LogP contribution in [-0.2, 0) is 19.4 Å². The number of rotatable bonds is 5. The van der Waals surface area contributed by atoms with E-state index in [1.807, 2.05) is 35.2 Å². The van der Waals surface area contributed by atoms with Crippen molar-refractivity contribution in [2.75, 3.05) is 18.4 Å². The predicted octanol–water partition coefficient (Wildman–Crippen LogP) is 5.39. The van der Waals surface area contributed by atoms with E-state index in [0.29, 0.717) is 25.3 Å². The maximum atomic E-state index is 13.2. The topological polar surface area (TPSA) is 96.5 Å².